The number of aliphatic carboxylic acids is 1. The van der Waals surface area contributed by atoms with Crippen LogP contribution in [0, 0.1) is 0 Å². The molecule has 8 heavy (non-hydrogen) atoms. The first-order valence-electron chi connectivity index (χ1n) is 2.10. The van der Waals surface area contributed by atoms with Crippen LogP contribution >= 0.6 is 16.1 Å². The van der Waals surface area contributed by atoms with Gasteiger partial charge in [-0.15, -0.1) is 0 Å². The summed E-state index contributed by atoms with van der Waals surface area (Å²) in [6.45, 7) is 2.99. The fourth-order valence-corrected chi connectivity index (χ4v) is 0.200. The van der Waals surface area contributed by atoms with Crippen molar-refractivity contribution >= 4 is 22.1 Å². The van der Waals surface area contributed by atoms with Crippen LogP contribution in [0.1, 0.15) is 13.8 Å². The molecular formula is C4H7BrNO2-. The van der Waals surface area contributed by atoms with Crippen LogP contribution in [0.15, 0.2) is 0 Å². The zero-order valence-electron chi connectivity index (χ0n) is 4.69. The lowest BCUT2D eigenvalue weighted by molar-refractivity contribution is -0.312. The van der Waals surface area contributed by atoms with Gasteiger partial charge in [-0.3, -0.25) is 0 Å². The van der Waals surface area contributed by atoms with Crippen LogP contribution in [-0.2, 0) is 4.79 Å². The fraction of sp³-hybridized carbons (Fsp3) is 0.750. The Kier molecular flexibility index (Phi) is 2.43. The topological polar surface area (TPSA) is 52.2 Å². The lowest BCUT2D eigenvalue weighted by Gasteiger charge is -2.22. The zero-order valence-corrected chi connectivity index (χ0v) is 6.28. The van der Waals surface area contributed by atoms with Crippen LogP contribution in [0.25, 0.3) is 0 Å². The summed E-state index contributed by atoms with van der Waals surface area (Å²) in [7, 11) is 0. The summed E-state index contributed by atoms with van der Waals surface area (Å²) in [6, 6.07) is 0. The zero-order chi connectivity index (χ0) is 6.78. The van der Waals surface area contributed by atoms with Gasteiger partial charge in [0.25, 0.3) is 0 Å². The van der Waals surface area contributed by atoms with Gasteiger partial charge < -0.3 is 9.90 Å². The number of carboxylic acid groups (broad SMARTS) is 1. The van der Waals surface area contributed by atoms with Crippen molar-refractivity contribution in [3.8, 4) is 0 Å². The van der Waals surface area contributed by atoms with Crippen LogP contribution in [0.4, 0.5) is 0 Å². The molecule has 3 nitrogen and oxygen atoms in total. The fourth-order valence-electron chi connectivity index (χ4n) is 0.0386. The van der Waals surface area contributed by atoms with Crippen LogP contribution in [0.3, 0.4) is 0 Å². The van der Waals surface area contributed by atoms with Crippen molar-refractivity contribution in [2.24, 2.45) is 0 Å². The van der Waals surface area contributed by atoms with Gasteiger partial charge in [0.2, 0.25) is 0 Å². The van der Waals surface area contributed by atoms with E-state index in [2.05, 4.69) is 20.5 Å². The molecule has 0 aromatic rings. The Hall–Kier alpha value is -0.0900. The number of rotatable bonds is 2. The van der Waals surface area contributed by atoms with Crippen molar-refractivity contribution < 1.29 is 9.90 Å². The summed E-state index contributed by atoms with van der Waals surface area (Å²) in [6.07, 6.45) is 0. The Bertz CT molecular complexity index is 102. The predicted molar refractivity (Wildman–Crippen MR) is 31.1 cm³/mol. The molecule has 1 N–H and O–H groups in total. The maximum absolute atomic E-state index is 10.0. The number of carboxylic acids is 1. The third-order valence-electron chi connectivity index (χ3n) is 0.747. The third-order valence-corrected chi connectivity index (χ3v) is 1.74. The van der Waals surface area contributed by atoms with Crippen LogP contribution in [0.5, 0.6) is 0 Å². The second-order valence-corrected chi connectivity index (χ2v) is 2.40. The van der Waals surface area contributed by atoms with Crippen LogP contribution in [0.2, 0.25) is 0 Å². The molecular weight excluding hydrogens is 174 g/mol. The number of nitrogens with one attached hydrogen (secondary N) is 1. The second kappa shape index (κ2) is 2.46. The van der Waals surface area contributed by atoms with Crippen molar-refractivity contribution in [3.05, 3.63) is 0 Å². The van der Waals surface area contributed by atoms with E-state index in [1.165, 1.54) is 13.8 Å². The summed E-state index contributed by atoms with van der Waals surface area (Å²) in [5, 5.41) is 10.0. The molecule has 0 bridgehead atoms. The minimum Gasteiger partial charge on any atom is -0.548 e. The molecule has 0 heterocycles. The number of hydrogen-bond acceptors (Lipinski definition) is 3. The predicted octanol–water partition coefficient (Wildman–Crippen LogP) is -0.586. The third kappa shape index (κ3) is 1.79. The van der Waals surface area contributed by atoms with Gasteiger partial charge in [0.1, 0.15) is 0 Å². The van der Waals surface area contributed by atoms with E-state index in [4.69, 9.17) is 0 Å². The molecule has 0 radical (unpaired) electrons. The van der Waals surface area contributed by atoms with E-state index in [0.717, 1.165) is 0 Å². The Labute approximate surface area is 56.4 Å². The van der Waals surface area contributed by atoms with Gasteiger partial charge in [-0.25, -0.2) is 4.34 Å². The highest BCUT2D eigenvalue weighted by Crippen LogP contribution is 2.00. The minimum atomic E-state index is -1.13. The first-order valence-corrected chi connectivity index (χ1v) is 2.89. The van der Waals surface area contributed by atoms with Gasteiger partial charge in [0.15, 0.2) is 0 Å². The maximum atomic E-state index is 10.0. The van der Waals surface area contributed by atoms with Gasteiger partial charge in [0, 0.05) is 16.1 Å². The Morgan fingerprint density at radius 2 is 2.12 bits per heavy atom. The highest BCUT2D eigenvalue weighted by molar-refractivity contribution is 9.08. The molecule has 0 aliphatic rings. The lowest BCUT2D eigenvalue weighted by Crippen LogP contribution is -2.50. The van der Waals surface area contributed by atoms with E-state index in [1.807, 2.05) is 0 Å². The van der Waals surface area contributed by atoms with Crippen molar-refractivity contribution in [1.29, 1.82) is 0 Å². The van der Waals surface area contributed by atoms with Crippen molar-refractivity contribution in [2.45, 2.75) is 19.4 Å². The SMILES string of the molecule is CC(C)(NBr)C(=O)[O-]. The molecule has 0 amide bonds. The van der Waals surface area contributed by atoms with Gasteiger partial charge in [0.05, 0.1) is 11.5 Å². The standard InChI is InChI=1S/C4H8BrNO2/c1-4(2,6-5)3(7)8/h6H,1-2H3,(H,7,8)/p-1. The maximum Gasteiger partial charge on any atom is 0.0623 e. The van der Waals surface area contributed by atoms with E-state index >= 15 is 0 Å². The Morgan fingerprint density at radius 1 is 1.75 bits per heavy atom. The van der Waals surface area contributed by atoms with E-state index in [9.17, 15) is 9.90 Å². The van der Waals surface area contributed by atoms with E-state index in [-0.39, 0.29) is 0 Å². The molecule has 48 valence electrons. The average molecular weight is 181 g/mol. The molecule has 0 saturated heterocycles. The van der Waals surface area contributed by atoms with Crippen molar-refractivity contribution in [2.75, 3.05) is 0 Å². The van der Waals surface area contributed by atoms with Gasteiger partial charge >= 0.3 is 0 Å². The quantitative estimate of drug-likeness (QED) is 0.579. The van der Waals surface area contributed by atoms with E-state index < -0.39 is 11.5 Å². The molecule has 0 fully saturated rings. The van der Waals surface area contributed by atoms with E-state index in [0.29, 0.717) is 0 Å². The number of carbonyl (C=O) groups is 1. The van der Waals surface area contributed by atoms with Crippen LogP contribution < -0.4 is 9.45 Å². The molecule has 4 heteroatoms. The molecule has 0 rings (SSSR count). The highest BCUT2D eigenvalue weighted by atomic mass is 79.9. The highest BCUT2D eigenvalue weighted by Gasteiger charge is 2.15. The largest absolute Gasteiger partial charge is 0.548 e. The smallest absolute Gasteiger partial charge is 0.0623 e. The average Bonchev–Trinajstić information content (AvgIpc) is 1.67. The molecule has 0 unspecified atom stereocenters. The van der Waals surface area contributed by atoms with Gasteiger partial charge in [-0.2, -0.15) is 0 Å². The molecule has 0 aliphatic heterocycles. The molecule has 0 aromatic carbocycles. The Morgan fingerprint density at radius 3 is 2.12 bits per heavy atom. The van der Waals surface area contributed by atoms with Gasteiger partial charge in [-0.05, 0) is 13.8 Å². The first-order chi connectivity index (χ1) is 3.50. The summed E-state index contributed by atoms with van der Waals surface area (Å²) >= 11 is 2.80. The summed E-state index contributed by atoms with van der Waals surface area (Å²) < 4.78 is 2.39. The number of carbonyl (C=O) groups excluding carboxylic acids is 1. The molecule has 0 aliphatic carbocycles. The normalized spacial score (nSPS) is 11.4. The Balaban J connectivity index is 3.91. The monoisotopic (exact) mass is 180 g/mol. The minimum absolute atomic E-state index is 0.986. The summed E-state index contributed by atoms with van der Waals surface area (Å²) in [5.41, 5.74) is -0.986. The number of hydrogen-bond donors (Lipinski definition) is 1. The lowest BCUT2D eigenvalue weighted by atomic mass is 10.1. The summed E-state index contributed by atoms with van der Waals surface area (Å²) in [4.78, 5) is 10.0. The van der Waals surface area contributed by atoms with Crippen LogP contribution in [-0.4, -0.2) is 11.5 Å². The van der Waals surface area contributed by atoms with Crippen molar-refractivity contribution in [3.63, 3.8) is 0 Å². The molecule has 0 saturated carbocycles. The summed E-state index contributed by atoms with van der Waals surface area (Å²) in [5.74, 6) is -1.13. The molecule has 0 atom stereocenters. The van der Waals surface area contributed by atoms with Crippen molar-refractivity contribution in [1.82, 2.24) is 4.34 Å². The van der Waals surface area contributed by atoms with E-state index in [1.54, 1.807) is 0 Å². The first kappa shape index (κ1) is 7.91. The number of halogens is 1. The molecule has 0 spiro atoms. The second-order valence-electron chi connectivity index (χ2n) is 2.01. The van der Waals surface area contributed by atoms with Gasteiger partial charge in [-0.1, -0.05) is 0 Å². The molecule has 0 aromatic heterocycles.